The molecule has 1 aliphatic heterocycles. The van der Waals surface area contributed by atoms with Gasteiger partial charge < -0.3 is 20.7 Å². The van der Waals surface area contributed by atoms with Gasteiger partial charge in [0.25, 0.3) is 0 Å². The summed E-state index contributed by atoms with van der Waals surface area (Å²) < 4.78 is 5.08. The van der Waals surface area contributed by atoms with Gasteiger partial charge in [0.2, 0.25) is 11.8 Å². The van der Waals surface area contributed by atoms with E-state index < -0.39 is 0 Å². The molecule has 0 spiro atoms. The first-order valence-corrected chi connectivity index (χ1v) is 5.41. The van der Waals surface area contributed by atoms with Gasteiger partial charge in [-0.25, -0.2) is 0 Å². The van der Waals surface area contributed by atoms with Gasteiger partial charge >= 0.3 is 0 Å². The number of carbonyl (C=O) groups excluding carboxylic acids is 2. The molecule has 1 fully saturated rings. The number of ether oxygens (including phenoxy) is 1. The summed E-state index contributed by atoms with van der Waals surface area (Å²) in [6.07, 6.45) is 0. The van der Waals surface area contributed by atoms with Crippen LogP contribution in [0.1, 0.15) is 6.92 Å². The SMILES string of the molecule is CCN(C)C(=O)CNC(=O)C1COCC1N. The monoisotopic (exact) mass is 229 g/mol. The summed E-state index contributed by atoms with van der Waals surface area (Å²) in [5.74, 6) is -0.647. The highest BCUT2D eigenvalue weighted by Gasteiger charge is 2.31. The first-order chi connectivity index (χ1) is 7.56. The Hall–Kier alpha value is -1.14. The Bertz CT molecular complexity index is 270. The van der Waals surface area contributed by atoms with Crippen LogP contribution in [-0.4, -0.2) is 56.1 Å². The third-order valence-corrected chi connectivity index (χ3v) is 2.78. The van der Waals surface area contributed by atoms with Crippen LogP contribution in [0.2, 0.25) is 0 Å². The van der Waals surface area contributed by atoms with Crippen molar-refractivity contribution in [1.29, 1.82) is 0 Å². The number of amides is 2. The van der Waals surface area contributed by atoms with E-state index in [2.05, 4.69) is 5.32 Å². The zero-order valence-corrected chi connectivity index (χ0v) is 9.73. The lowest BCUT2D eigenvalue weighted by Crippen LogP contribution is -2.44. The first kappa shape index (κ1) is 12.9. The van der Waals surface area contributed by atoms with E-state index in [1.165, 1.54) is 0 Å². The number of nitrogens with zero attached hydrogens (tertiary/aromatic N) is 1. The Kier molecular flexibility index (Phi) is 4.70. The van der Waals surface area contributed by atoms with Gasteiger partial charge in [-0.1, -0.05) is 0 Å². The van der Waals surface area contributed by atoms with E-state index >= 15 is 0 Å². The quantitative estimate of drug-likeness (QED) is 0.618. The van der Waals surface area contributed by atoms with Crippen molar-refractivity contribution in [2.75, 3.05) is 33.4 Å². The summed E-state index contributed by atoms with van der Waals surface area (Å²) in [5, 5.41) is 2.58. The fraction of sp³-hybridized carbons (Fsp3) is 0.800. The highest BCUT2D eigenvalue weighted by Crippen LogP contribution is 2.11. The molecule has 0 bridgehead atoms. The standard InChI is InChI=1S/C10H19N3O3/c1-3-13(2)9(14)4-12-10(15)7-5-16-6-8(7)11/h7-8H,3-6,11H2,1-2H3,(H,12,15). The smallest absolute Gasteiger partial charge is 0.241 e. The van der Waals surface area contributed by atoms with Crippen molar-refractivity contribution in [2.45, 2.75) is 13.0 Å². The van der Waals surface area contributed by atoms with Crippen LogP contribution in [0.25, 0.3) is 0 Å². The lowest BCUT2D eigenvalue weighted by atomic mass is 10.0. The summed E-state index contributed by atoms with van der Waals surface area (Å²) in [6, 6.07) is -0.265. The topological polar surface area (TPSA) is 84.7 Å². The molecule has 1 aliphatic rings. The van der Waals surface area contributed by atoms with E-state index in [1.54, 1.807) is 11.9 Å². The van der Waals surface area contributed by atoms with Crippen LogP contribution in [0.4, 0.5) is 0 Å². The molecule has 0 aliphatic carbocycles. The maximum atomic E-state index is 11.6. The fourth-order valence-corrected chi connectivity index (χ4v) is 1.45. The Labute approximate surface area is 95.1 Å². The Balaban J connectivity index is 2.32. The van der Waals surface area contributed by atoms with Crippen molar-refractivity contribution in [2.24, 2.45) is 11.7 Å². The van der Waals surface area contributed by atoms with Gasteiger partial charge in [-0.05, 0) is 6.92 Å². The van der Waals surface area contributed by atoms with E-state index in [9.17, 15) is 9.59 Å². The fourth-order valence-electron chi connectivity index (χ4n) is 1.45. The minimum atomic E-state index is -0.334. The Morgan fingerprint density at radius 1 is 1.50 bits per heavy atom. The average molecular weight is 229 g/mol. The molecule has 1 saturated heterocycles. The minimum Gasteiger partial charge on any atom is -0.379 e. The molecule has 92 valence electrons. The maximum absolute atomic E-state index is 11.6. The molecule has 1 rings (SSSR count). The predicted octanol–water partition coefficient (Wildman–Crippen LogP) is -1.45. The van der Waals surface area contributed by atoms with Gasteiger partial charge in [0.05, 0.1) is 25.7 Å². The number of hydrogen-bond acceptors (Lipinski definition) is 4. The van der Waals surface area contributed by atoms with Crippen molar-refractivity contribution in [1.82, 2.24) is 10.2 Å². The van der Waals surface area contributed by atoms with Gasteiger partial charge in [0.1, 0.15) is 0 Å². The second kappa shape index (κ2) is 5.81. The molecule has 2 atom stereocenters. The number of likely N-dealkylation sites (N-methyl/N-ethyl adjacent to an activating group) is 1. The van der Waals surface area contributed by atoms with E-state index in [1.807, 2.05) is 6.92 Å². The zero-order chi connectivity index (χ0) is 12.1. The Morgan fingerprint density at radius 3 is 2.69 bits per heavy atom. The molecule has 16 heavy (non-hydrogen) atoms. The normalized spacial score (nSPS) is 24.2. The van der Waals surface area contributed by atoms with Crippen LogP contribution >= 0.6 is 0 Å². The summed E-state index contributed by atoms with van der Waals surface area (Å²) in [7, 11) is 1.69. The molecular formula is C10H19N3O3. The second-order valence-electron chi connectivity index (χ2n) is 3.93. The number of nitrogens with two attached hydrogens (primary N) is 1. The van der Waals surface area contributed by atoms with Crippen molar-refractivity contribution in [3.05, 3.63) is 0 Å². The van der Waals surface area contributed by atoms with E-state index in [4.69, 9.17) is 10.5 Å². The van der Waals surface area contributed by atoms with Crippen LogP contribution in [0.5, 0.6) is 0 Å². The van der Waals surface area contributed by atoms with Gasteiger partial charge in [-0.2, -0.15) is 0 Å². The van der Waals surface area contributed by atoms with Crippen molar-refractivity contribution in [3.63, 3.8) is 0 Å². The number of hydrogen-bond donors (Lipinski definition) is 2. The second-order valence-corrected chi connectivity index (χ2v) is 3.93. The van der Waals surface area contributed by atoms with Gasteiger partial charge in [0.15, 0.2) is 0 Å². The van der Waals surface area contributed by atoms with Gasteiger partial charge in [-0.3, -0.25) is 9.59 Å². The largest absolute Gasteiger partial charge is 0.379 e. The highest BCUT2D eigenvalue weighted by atomic mass is 16.5. The molecule has 2 amide bonds. The molecule has 0 aromatic carbocycles. The van der Waals surface area contributed by atoms with E-state index in [-0.39, 0.29) is 30.3 Å². The molecule has 1 heterocycles. The average Bonchev–Trinajstić information content (AvgIpc) is 2.70. The highest BCUT2D eigenvalue weighted by molar-refractivity contribution is 5.86. The van der Waals surface area contributed by atoms with Crippen LogP contribution in [0.3, 0.4) is 0 Å². The maximum Gasteiger partial charge on any atom is 0.241 e. The molecule has 0 saturated carbocycles. The number of rotatable bonds is 4. The number of nitrogens with one attached hydrogen (secondary N) is 1. The molecule has 6 heteroatoms. The summed E-state index contributed by atoms with van der Waals surface area (Å²) in [6.45, 7) is 3.26. The first-order valence-electron chi connectivity index (χ1n) is 5.41. The molecule has 0 radical (unpaired) electrons. The van der Waals surface area contributed by atoms with E-state index in [0.717, 1.165) is 0 Å². The third-order valence-electron chi connectivity index (χ3n) is 2.78. The third kappa shape index (κ3) is 3.18. The van der Waals surface area contributed by atoms with Gasteiger partial charge in [0, 0.05) is 19.6 Å². The lowest BCUT2D eigenvalue weighted by molar-refractivity contribution is -0.133. The van der Waals surface area contributed by atoms with E-state index in [0.29, 0.717) is 19.8 Å². The van der Waals surface area contributed by atoms with Gasteiger partial charge in [-0.15, -0.1) is 0 Å². The molecule has 0 aromatic rings. The zero-order valence-electron chi connectivity index (χ0n) is 9.73. The molecule has 2 unspecified atom stereocenters. The number of carbonyl (C=O) groups is 2. The van der Waals surface area contributed by atoms with Crippen LogP contribution < -0.4 is 11.1 Å². The molecule has 6 nitrogen and oxygen atoms in total. The van der Waals surface area contributed by atoms with Crippen molar-refractivity contribution in [3.8, 4) is 0 Å². The van der Waals surface area contributed by atoms with Crippen LogP contribution in [-0.2, 0) is 14.3 Å². The summed E-state index contributed by atoms with van der Waals surface area (Å²) >= 11 is 0. The van der Waals surface area contributed by atoms with Crippen molar-refractivity contribution < 1.29 is 14.3 Å². The molecule has 3 N–H and O–H groups in total. The summed E-state index contributed by atoms with van der Waals surface area (Å²) in [5.41, 5.74) is 5.69. The molecular weight excluding hydrogens is 210 g/mol. The predicted molar refractivity (Wildman–Crippen MR) is 58.6 cm³/mol. The summed E-state index contributed by atoms with van der Waals surface area (Å²) in [4.78, 5) is 24.6. The van der Waals surface area contributed by atoms with Crippen molar-refractivity contribution >= 4 is 11.8 Å². The minimum absolute atomic E-state index is 0.0202. The molecule has 0 aromatic heterocycles. The lowest BCUT2D eigenvalue weighted by Gasteiger charge is -2.17. The Morgan fingerprint density at radius 2 is 2.19 bits per heavy atom. The van der Waals surface area contributed by atoms with Crippen LogP contribution in [0, 0.1) is 5.92 Å². The van der Waals surface area contributed by atoms with Crippen LogP contribution in [0.15, 0.2) is 0 Å².